The lowest BCUT2D eigenvalue weighted by Crippen LogP contribution is -2.26. The number of fused-ring (bicyclic) bond motifs is 1. The van der Waals surface area contributed by atoms with Crippen LogP contribution in [-0.2, 0) is 11.2 Å². The highest BCUT2D eigenvalue weighted by Crippen LogP contribution is 2.16. The Morgan fingerprint density at radius 1 is 1.19 bits per heavy atom. The van der Waals surface area contributed by atoms with Gasteiger partial charge in [0.1, 0.15) is 5.82 Å². The van der Waals surface area contributed by atoms with Crippen molar-refractivity contribution in [3.05, 3.63) is 74.7 Å². The van der Waals surface area contributed by atoms with E-state index in [1.54, 1.807) is 6.07 Å². The van der Waals surface area contributed by atoms with E-state index in [-0.39, 0.29) is 17.5 Å². The summed E-state index contributed by atoms with van der Waals surface area (Å²) in [5.41, 5.74) is 1.60. The van der Waals surface area contributed by atoms with Gasteiger partial charge < -0.3 is 10.3 Å². The van der Waals surface area contributed by atoms with Gasteiger partial charge in [-0.15, -0.1) is 0 Å². The number of amides is 1. The number of aromatic nitrogens is 2. The van der Waals surface area contributed by atoms with Crippen molar-refractivity contribution in [2.45, 2.75) is 32.2 Å². The molecule has 1 atom stereocenters. The summed E-state index contributed by atoms with van der Waals surface area (Å²) in [5, 5.41) is 3.58. The molecule has 0 aliphatic rings. The van der Waals surface area contributed by atoms with Crippen molar-refractivity contribution in [3.8, 4) is 0 Å². The Bertz CT molecular complexity index is 967. The van der Waals surface area contributed by atoms with Crippen LogP contribution in [0, 0.1) is 0 Å². The van der Waals surface area contributed by atoms with E-state index < -0.39 is 0 Å². The zero-order valence-electron chi connectivity index (χ0n) is 14.5. The smallest absolute Gasteiger partial charge is 0.258 e. The van der Waals surface area contributed by atoms with Crippen LogP contribution in [0.1, 0.15) is 37.2 Å². The first kappa shape index (κ1) is 18.3. The second-order valence-corrected chi connectivity index (χ2v) is 7.14. The Kier molecular flexibility index (Phi) is 5.83. The molecule has 2 aromatic carbocycles. The van der Waals surface area contributed by atoms with Crippen molar-refractivity contribution in [2.75, 3.05) is 0 Å². The Labute approximate surface area is 160 Å². The molecule has 3 rings (SSSR count). The second-order valence-electron chi connectivity index (χ2n) is 6.22. The van der Waals surface area contributed by atoms with Gasteiger partial charge in [0, 0.05) is 17.3 Å². The first-order valence-electron chi connectivity index (χ1n) is 8.55. The largest absolute Gasteiger partial charge is 0.350 e. The molecule has 134 valence electrons. The van der Waals surface area contributed by atoms with E-state index in [4.69, 9.17) is 0 Å². The van der Waals surface area contributed by atoms with Crippen LogP contribution in [0.25, 0.3) is 10.9 Å². The Hall–Kier alpha value is -2.47. The molecule has 0 aliphatic heterocycles. The summed E-state index contributed by atoms with van der Waals surface area (Å²) in [5.74, 6) is 0.603. The molecule has 26 heavy (non-hydrogen) atoms. The number of aromatic amines is 1. The third-order valence-electron chi connectivity index (χ3n) is 4.23. The van der Waals surface area contributed by atoms with Gasteiger partial charge in [-0.3, -0.25) is 9.59 Å². The fourth-order valence-electron chi connectivity index (χ4n) is 2.82. The average molecular weight is 414 g/mol. The maximum Gasteiger partial charge on any atom is 0.258 e. The lowest BCUT2D eigenvalue weighted by atomic mass is 10.1. The van der Waals surface area contributed by atoms with Gasteiger partial charge in [-0.25, -0.2) is 4.98 Å². The summed E-state index contributed by atoms with van der Waals surface area (Å²) in [6, 6.07) is 15.1. The van der Waals surface area contributed by atoms with E-state index in [2.05, 4.69) is 31.2 Å². The summed E-state index contributed by atoms with van der Waals surface area (Å²) >= 11 is 3.40. The molecule has 3 aromatic rings. The lowest BCUT2D eigenvalue weighted by Gasteiger charge is -2.14. The third-order valence-corrected chi connectivity index (χ3v) is 4.76. The van der Waals surface area contributed by atoms with Crippen LogP contribution in [0.3, 0.4) is 0 Å². The van der Waals surface area contributed by atoms with Crippen LogP contribution in [0.2, 0.25) is 0 Å². The van der Waals surface area contributed by atoms with Crippen LogP contribution in [0.5, 0.6) is 0 Å². The van der Waals surface area contributed by atoms with Crippen LogP contribution in [0.4, 0.5) is 0 Å². The van der Waals surface area contributed by atoms with Gasteiger partial charge in [0.05, 0.1) is 16.9 Å². The highest BCUT2D eigenvalue weighted by molar-refractivity contribution is 9.10. The molecule has 6 heteroatoms. The van der Waals surface area contributed by atoms with Crippen molar-refractivity contribution in [2.24, 2.45) is 0 Å². The zero-order chi connectivity index (χ0) is 18.5. The molecular weight excluding hydrogens is 394 g/mol. The van der Waals surface area contributed by atoms with Gasteiger partial charge >= 0.3 is 0 Å². The van der Waals surface area contributed by atoms with Gasteiger partial charge in [-0.2, -0.15) is 0 Å². The Morgan fingerprint density at radius 2 is 1.92 bits per heavy atom. The molecule has 1 amide bonds. The molecular formula is C20H20BrN3O2. The predicted octanol–water partition coefficient (Wildman–Crippen LogP) is 3.89. The van der Waals surface area contributed by atoms with Gasteiger partial charge in [-0.05, 0) is 43.2 Å². The number of carbonyl (C=O) groups is 1. The summed E-state index contributed by atoms with van der Waals surface area (Å²) < 4.78 is 1.01. The summed E-state index contributed by atoms with van der Waals surface area (Å²) in [6.45, 7) is 1.96. The summed E-state index contributed by atoms with van der Waals surface area (Å²) in [7, 11) is 0. The SMILES string of the molecule is CC(NC(=O)CCCc1nc2ccccc2c(=O)[nH]1)c1ccc(Br)cc1. The number of halogens is 1. The monoisotopic (exact) mass is 413 g/mol. The number of nitrogens with zero attached hydrogens (tertiary/aromatic N) is 1. The molecule has 1 unspecified atom stereocenters. The molecule has 1 heterocycles. The fourth-order valence-corrected chi connectivity index (χ4v) is 3.08. The summed E-state index contributed by atoms with van der Waals surface area (Å²) in [4.78, 5) is 31.4. The number of nitrogens with one attached hydrogen (secondary N) is 2. The van der Waals surface area contributed by atoms with Gasteiger partial charge in [-0.1, -0.05) is 40.2 Å². The van der Waals surface area contributed by atoms with E-state index in [1.807, 2.05) is 49.4 Å². The molecule has 0 radical (unpaired) electrons. The molecule has 0 aliphatic carbocycles. The third kappa shape index (κ3) is 4.58. The highest BCUT2D eigenvalue weighted by atomic mass is 79.9. The van der Waals surface area contributed by atoms with Crippen LogP contribution >= 0.6 is 15.9 Å². The first-order valence-corrected chi connectivity index (χ1v) is 9.35. The van der Waals surface area contributed by atoms with E-state index >= 15 is 0 Å². The molecule has 0 saturated carbocycles. The number of carbonyl (C=O) groups excluding carboxylic acids is 1. The highest BCUT2D eigenvalue weighted by Gasteiger charge is 2.10. The van der Waals surface area contributed by atoms with Crippen molar-refractivity contribution in [3.63, 3.8) is 0 Å². The number of hydrogen-bond donors (Lipinski definition) is 2. The van der Waals surface area contributed by atoms with Crippen molar-refractivity contribution in [1.82, 2.24) is 15.3 Å². The van der Waals surface area contributed by atoms with Crippen molar-refractivity contribution in [1.29, 1.82) is 0 Å². The minimum Gasteiger partial charge on any atom is -0.350 e. The van der Waals surface area contributed by atoms with Crippen LogP contribution in [-0.4, -0.2) is 15.9 Å². The first-order chi connectivity index (χ1) is 12.5. The van der Waals surface area contributed by atoms with Gasteiger partial charge in [0.2, 0.25) is 5.91 Å². The fraction of sp³-hybridized carbons (Fsp3) is 0.250. The number of para-hydroxylation sites is 1. The van der Waals surface area contributed by atoms with Crippen LogP contribution < -0.4 is 10.9 Å². The second kappa shape index (κ2) is 8.27. The summed E-state index contributed by atoms with van der Waals surface area (Å²) in [6.07, 6.45) is 1.57. The van der Waals surface area contributed by atoms with E-state index in [0.29, 0.717) is 36.0 Å². The zero-order valence-corrected chi connectivity index (χ0v) is 16.0. The average Bonchev–Trinajstić information content (AvgIpc) is 2.62. The number of benzene rings is 2. The number of hydrogen-bond acceptors (Lipinski definition) is 3. The van der Waals surface area contributed by atoms with Gasteiger partial charge in [0.25, 0.3) is 5.56 Å². The normalized spacial score (nSPS) is 12.1. The number of aryl methyl sites for hydroxylation is 1. The topological polar surface area (TPSA) is 74.8 Å². The quantitative estimate of drug-likeness (QED) is 0.643. The number of H-pyrrole nitrogens is 1. The molecule has 0 bridgehead atoms. The lowest BCUT2D eigenvalue weighted by molar-refractivity contribution is -0.121. The standard InChI is InChI=1S/C20H20BrN3O2/c1-13(14-9-11-15(21)12-10-14)22-19(25)8-4-7-18-23-17-6-3-2-5-16(17)20(26)24-18/h2-3,5-6,9-13H,4,7-8H2,1H3,(H,22,25)(H,23,24,26). The maximum atomic E-state index is 12.2. The van der Waals surface area contributed by atoms with Gasteiger partial charge in [0.15, 0.2) is 0 Å². The molecule has 2 N–H and O–H groups in total. The molecule has 0 spiro atoms. The van der Waals surface area contributed by atoms with Crippen molar-refractivity contribution >= 4 is 32.7 Å². The Morgan fingerprint density at radius 3 is 2.69 bits per heavy atom. The molecule has 0 fully saturated rings. The van der Waals surface area contributed by atoms with E-state index in [1.165, 1.54) is 0 Å². The van der Waals surface area contributed by atoms with Crippen LogP contribution in [0.15, 0.2) is 57.8 Å². The minimum atomic E-state index is -0.140. The maximum absolute atomic E-state index is 12.2. The molecule has 0 saturated heterocycles. The predicted molar refractivity (Wildman–Crippen MR) is 106 cm³/mol. The molecule has 1 aromatic heterocycles. The Balaban J connectivity index is 1.53. The van der Waals surface area contributed by atoms with E-state index in [0.717, 1.165) is 10.0 Å². The van der Waals surface area contributed by atoms with E-state index in [9.17, 15) is 9.59 Å². The minimum absolute atomic E-state index is 0.0106. The number of rotatable bonds is 6. The molecule has 5 nitrogen and oxygen atoms in total. The van der Waals surface area contributed by atoms with Crippen molar-refractivity contribution < 1.29 is 4.79 Å².